The van der Waals surface area contributed by atoms with E-state index in [1.807, 2.05) is 0 Å². The van der Waals surface area contributed by atoms with Crippen LogP contribution >= 0.6 is 24.0 Å². The summed E-state index contributed by atoms with van der Waals surface area (Å²) < 4.78 is 57.2. The first-order chi connectivity index (χ1) is 14.6. The monoisotopic (exact) mass is 573 g/mol. The van der Waals surface area contributed by atoms with E-state index in [1.165, 1.54) is 6.07 Å². The quantitative estimate of drug-likeness (QED) is 0.196. The van der Waals surface area contributed by atoms with Crippen molar-refractivity contribution in [2.75, 3.05) is 40.0 Å². The largest absolute Gasteiger partial charge is 0.488 e. The molecule has 0 aliphatic carbocycles. The van der Waals surface area contributed by atoms with E-state index in [-0.39, 0.29) is 41.8 Å². The number of hydrogen-bond donors (Lipinski definition) is 2. The Morgan fingerprint density at radius 1 is 1.22 bits per heavy atom. The number of nitrogens with zero attached hydrogens (tertiary/aromatic N) is 1. The number of nitrogens with one attached hydrogen (secondary N) is 2. The number of ether oxygens (including phenoxy) is 3. The maximum absolute atomic E-state index is 13.5. The van der Waals surface area contributed by atoms with E-state index in [0.717, 1.165) is 32.1 Å². The average Bonchev–Trinajstić information content (AvgIpc) is 3.19. The van der Waals surface area contributed by atoms with Crippen LogP contribution in [0.2, 0.25) is 0 Å². The van der Waals surface area contributed by atoms with Gasteiger partial charge in [-0.2, -0.15) is 13.2 Å². The molecule has 0 amide bonds. The SMILES string of the molecule is CN=C(NCCCOCC1CCOC1)NCc1ccc(OC(C)(C)C)cc1C(F)(F)F.I. The normalized spacial score (nSPS) is 17.1. The lowest BCUT2D eigenvalue weighted by Crippen LogP contribution is -2.38. The molecule has 1 heterocycles. The number of hydrogen-bond acceptors (Lipinski definition) is 4. The summed E-state index contributed by atoms with van der Waals surface area (Å²) in [6.45, 7) is 8.83. The van der Waals surface area contributed by atoms with Crippen molar-refractivity contribution in [3.05, 3.63) is 29.3 Å². The summed E-state index contributed by atoms with van der Waals surface area (Å²) in [5.41, 5.74) is -1.18. The van der Waals surface area contributed by atoms with Crippen LogP contribution in [0.3, 0.4) is 0 Å². The van der Waals surface area contributed by atoms with Gasteiger partial charge in [0, 0.05) is 39.3 Å². The van der Waals surface area contributed by atoms with Gasteiger partial charge in [-0.15, -0.1) is 24.0 Å². The molecule has 184 valence electrons. The van der Waals surface area contributed by atoms with Gasteiger partial charge in [0.15, 0.2) is 5.96 Å². The van der Waals surface area contributed by atoms with E-state index >= 15 is 0 Å². The van der Waals surface area contributed by atoms with Gasteiger partial charge in [0.1, 0.15) is 11.4 Å². The van der Waals surface area contributed by atoms with Gasteiger partial charge < -0.3 is 24.8 Å². The molecule has 1 aromatic rings. The summed E-state index contributed by atoms with van der Waals surface area (Å²) in [6, 6.07) is 4.04. The molecule has 2 N–H and O–H groups in total. The molecule has 1 aliphatic heterocycles. The first-order valence-corrected chi connectivity index (χ1v) is 10.6. The predicted molar refractivity (Wildman–Crippen MR) is 130 cm³/mol. The van der Waals surface area contributed by atoms with Gasteiger partial charge in [-0.05, 0) is 51.3 Å². The van der Waals surface area contributed by atoms with E-state index in [4.69, 9.17) is 14.2 Å². The molecule has 1 saturated heterocycles. The summed E-state index contributed by atoms with van der Waals surface area (Å²) in [5, 5.41) is 6.04. The number of rotatable bonds is 9. The molecule has 10 heteroatoms. The van der Waals surface area contributed by atoms with Gasteiger partial charge >= 0.3 is 6.18 Å². The van der Waals surface area contributed by atoms with Crippen molar-refractivity contribution < 1.29 is 27.4 Å². The Balaban J connectivity index is 0.00000512. The van der Waals surface area contributed by atoms with Crippen LogP contribution < -0.4 is 15.4 Å². The van der Waals surface area contributed by atoms with Crippen LogP contribution in [0.4, 0.5) is 13.2 Å². The summed E-state index contributed by atoms with van der Waals surface area (Å²) in [6.07, 6.45) is -2.67. The van der Waals surface area contributed by atoms with Gasteiger partial charge in [-0.3, -0.25) is 4.99 Å². The summed E-state index contributed by atoms with van der Waals surface area (Å²) >= 11 is 0. The number of alkyl halides is 3. The fourth-order valence-electron chi connectivity index (χ4n) is 3.14. The highest BCUT2D eigenvalue weighted by atomic mass is 127. The van der Waals surface area contributed by atoms with Gasteiger partial charge in [-0.25, -0.2) is 0 Å². The van der Waals surface area contributed by atoms with Gasteiger partial charge in [0.05, 0.1) is 18.8 Å². The van der Waals surface area contributed by atoms with Crippen molar-refractivity contribution in [3.63, 3.8) is 0 Å². The van der Waals surface area contributed by atoms with Gasteiger partial charge in [0.2, 0.25) is 0 Å². The van der Waals surface area contributed by atoms with Crippen molar-refractivity contribution in [3.8, 4) is 5.75 Å². The molecule has 0 aromatic heterocycles. The third-order valence-electron chi connectivity index (χ3n) is 4.62. The smallest absolute Gasteiger partial charge is 0.416 e. The molecule has 0 spiro atoms. The second-order valence-electron chi connectivity index (χ2n) is 8.54. The van der Waals surface area contributed by atoms with E-state index in [1.54, 1.807) is 33.9 Å². The van der Waals surface area contributed by atoms with Crippen molar-refractivity contribution in [1.29, 1.82) is 0 Å². The molecule has 1 aromatic carbocycles. The number of halogens is 4. The summed E-state index contributed by atoms with van der Waals surface area (Å²) in [4.78, 5) is 4.07. The van der Waals surface area contributed by atoms with Crippen molar-refractivity contribution in [1.82, 2.24) is 10.6 Å². The third-order valence-corrected chi connectivity index (χ3v) is 4.62. The van der Waals surface area contributed by atoms with Crippen molar-refractivity contribution in [2.24, 2.45) is 10.9 Å². The molecule has 0 saturated carbocycles. The van der Waals surface area contributed by atoms with Crippen LogP contribution in [0.1, 0.15) is 44.7 Å². The van der Waals surface area contributed by atoms with Gasteiger partial charge in [0.25, 0.3) is 0 Å². The fourth-order valence-corrected chi connectivity index (χ4v) is 3.14. The zero-order valence-electron chi connectivity index (χ0n) is 19.2. The highest BCUT2D eigenvalue weighted by Gasteiger charge is 2.34. The number of aliphatic imine (C=N–C) groups is 1. The van der Waals surface area contributed by atoms with Crippen molar-refractivity contribution >= 4 is 29.9 Å². The number of guanidine groups is 1. The molecule has 1 fully saturated rings. The Labute approximate surface area is 205 Å². The Morgan fingerprint density at radius 2 is 1.97 bits per heavy atom. The van der Waals surface area contributed by atoms with E-state index < -0.39 is 17.3 Å². The van der Waals surface area contributed by atoms with Crippen LogP contribution in [0, 0.1) is 5.92 Å². The van der Waals surface area contributed by atoms with Crippen molar-refractivity contribution in [2.45, 2.75) is 51.9 Å². The van der Waals surface area contributed by atoms with Crippen LogP contribution in [-0.4, -0.2) is 51.6 Å². The van der Waals surface area contributed by atoms with Crippen LogP contribution in [0.25, 0.3) is 0 Å². The second kappa shape index (κ2) is 13.4. The summed E-state index contributed by atoms with van der Waals surface area (Å²) in [7, 11) is 1.58. The lowest BCUT2D eigenvalue weighted by molar-refractivity contribution is -0.138. The van der Waals surface area contributed by atoms with Gasteiger partial charge in [-0.1, -0.05) is 6.07 Å². The van der Waals surface area contributed by atoms with Crippen LogP contribution in [0.15, 0.2) is 23.2 Å². The molecule has 32 heavy (non-hydrogen) atoms. The fraction of sp³-hybridized carbons (Fsp3) is 0.682. The third kappa shape index (κ3) is 10.6. The highest BCUT2D eigenvalue weighted by Crippen LogP contribution is 2.35. The summed E-state index contributed by atoms with van der Waals surface area (Å²) in [5.74, 6) is 1.10. The Bertz CT molecular complexity index is 719. The minimum absolute atomic E-state index is 0. The second-order valence-corrected chi connectivity index (χ2v) is 8.54. The Morgan fingerprint density at radius 3 is 2.56 bits per heavy atom. The topological polar surface area (TPSA) is 64.1 Å². The predicted octanol–water partition coefficient (Wildman–Crippen LogP) is 4.61. The molecule has 1 unspecified atom stereocenters. The zero-order chi connectivity index (χ0) is 22.9. The molecule has 0 bridgehead atoms. The number of benzene rings is 1. The Hall–Kier alpha value is -1.27. The maximum atomic E-state index is 13.5. The first kappa shape index (κ1) is 28.8. The van der Waals surface area contributed by atoms with E-state index in [0.29, 0.717) is 31.6 Å². The highest BCUT2D eigenvalue weighted by molar-refractivity contribution is 14.0. The first-order valence-electron chi connectivity index (χ1n) is 10.6. The molecule has 2 rings (SSSR count). The lowest BCUT2D eigenvalue weighted by atomic mass is 10.1. The standard InChI is InChI=1S/C22H34F3N3O3.HI/c1-21(2,3)31-18-7-6-17(19(12-18)22(23,24)25)13-28-20(26-4)27-9-5-10-29-14-16-8-11-30-15-16;/h6-7,12,16H,5,8-11,13-15H2,1-4H3,(H2,26,27,28);1H. The van der Waals surface area contributed by atoms with Crippen LogP contribution in [0.5, 0.6) is 5.75 Å². The van der Waals surface area contributed by atoms with E-state index in [2.05, 4.69) is 15.6 Å². The van der Waals surface area contributed by atoms with E-state index in [9.17, 15) is 13.2 Å². The zero-order valence-corrected chi connectivity index (χ0v) is 21.5. The molecule has 1 atom stereocenters. The average molecular weight is 573 g/mol. The van der Waals surface area contributed by atoms with Crippen LogP contribution in [-0.2, 0) is 22.2 Å². The Kier molecular flexibility index (Phi) is 12.1. The molecular formula is C22H35F3IN3O3. The molecule has 1 aliphatic rings. The molecular weight excluding hydrogens is 538 g/mol. The lowest BCUT2D eigenvalue weighted by Gasteiger charge is -2.23. The minimum Gasteiger partial charge on any atom is -0.488 e. The molecule has 0 radical (unpaired) electrons. The maximum Gasteiger partial charge on any atom is 0.416 e. The minimum atomic E-state index is -4.48. The molecule has 6 nitrogen and oxygen atoms in total.